The Morgan fingerprint density at radius 3 is 2.71 bits per heavy atom. The number of benzene rings is 1. The van der Waals surface area contributed by atoms with Gasteiger partial charge in [-0.2, -0.15) is 0 Å². The van der Waals surface area contributed by atoms with E-state index in [2.05, 4.69) is 23.8 Å². The van der Waals surface area contributed by atoms with Crippen molar-refractivity contribution in [2.24, 2.45) is 0 Å². The molecule has 1 aromatic carbocycles. The van der Waals surface area contributed by atoms with Gasteiger partial charge >= 0.3 is 0 Å². The summed E-state index contributed by atoms with van der Waals surface area (Å²) in [6.07, 6.45) is 1.80. The number of hydrogen-bond donors (Lipinski definition) is 0. The van der Waals surface area contributed by atoms with Crippen LogP contribution in [0.1, 0.15) is 25.6 Å². The van der Waals surface area contributed by atoms with Crippen molar-refractivity contribution in [3.05, 3.63) is 42.4 Å². The fraction of sp³-hybridized carbons (Fsp3) is 0.286. The number of nitrogens with zero attached hydrogens (tertiary/aromatic N) is 2. The van der Waals surface area contributed by atoms with Gasteiger partial charge in [-0.05, 0) is 18.2 Å². The largest absolute Gasteiger partial charge is 0.497 e. The maximum absolute atomic E-state index is 5.21. The number of aromatic nitrogens is 2. The second kappa shape index (κ2) is 4.95. The van der Waals surface area contributed by atoms with Crippen LogP contribution in [0.3, 0.4) is 0 Å². The van der Waals surface area contributed by atoms with Gasteiger partial charge in [0.2, 0.25) is 0 Å². The lowest BCUT2D eigenvalue weighted by Crippen LogP contribution is -1.98. The van der Waals surface area contributed by atoms with Gasteiger partial charge in [0.05, 0.1) is 12.8 Å². The summed E-state index contributed by atoms with van der Waals surface area (Å²) < 4.78 is 5.21. The Hall–Kier alpha value is -1.90. The molecule has 0 saturated heterocycles. The van der Waals surface area contributed by atoms with Gasteiger partial charge in [0.25, 0.3) is 0 Å². The van der Waals surface area contributed by atoms with Gasteiger partial charge in [0.1, 0.15) is 11.6 Å². The van der Waals surface area contributed by atoms with Crippen molar-refractivity contribution in [3.63, 3.8) is 0 Å². The van der Waals surface area contributed by atoms with E-state index < -0.39 is 0 Å². The van der Waals surface area contributed by atoms with E-state index in [9.17, 15) is 0 Å². The summed E-state index contributed by atoms with van der Waals surface area (Å²) in [5, 5.41) is 0. The van der Waals surface area contributed by atoms with E-state index in [1.807, 2.05) is 30.3 Å². The molecular formula is C14H16N2O. The Labute approximate surface area is 102 Å². The molecule has 0 atom stereocenters. The molecule has 0 spiro atoms. The summed E-state index contributed by atoms with van der Waals surface area (Å²) in [4.78, 5) is 8.82. The van der Waals surface area contributed by atoms with Crippen LogP contribution in [-0.2, 0) is 0 Å². The highest BCUT2D eigenvalue weighted by Crippen LogP contribution is 2.22. The van der Waals surface area contributed by atoms with Crippen LogP contribution < -0.4 is 4.74 Å². The Bertz CT molecular complexity index is 509. The summed E-state index contributed by atoms with van der Waals surface area (Å²) in [5.41, 5.74) is 1.98. The van der Waals surface area contributed by atoms with Gasteiger partial charge in [-0.3, -0.25) is 0 Å². The molecule has 0 amide bonds. The van der Waals surface area contributed by atoms with Crippen molar-refractivity contribution in [2.45, 2.75) is 19.8 Å². The molecule has 0 saturated carbocycles. The van der Waals surface area contributed by atoms with Gasteiger partial charge in [0.15, 0.2) is 0 Å². The minimum atomic E-state index is 0.334. The van der Waals surface area contributed by atoms with Crippen molar-refractivity contribution in [1.29, 1.82) is 0 Å². The lowest BCUT2D eigenvalue weighted by Gasteiger charge is -2.07. The van der Waals surface area contributed by atoms with E-state index in [1.54, 1.807) is 13.3 Å². The maximum atomic E-state index is 5.21. The van der Waals surface area contributed by atoms with Gasteiger partial charge in [-0.1, -0.05) is 26.0 Å². The van der Waals surface area contributed by atoms with Crippen molar-refractivity contribution >= 4 is 0 Å². The van der Waals surface area contributed by atoms with Crippen LogP contribution in [0.5, 0.6) is 5.75 Å². The molecule has 1 heterocycles. The first-order valence-electron chi connectivity index (χ1n) is 5.68. The quantitative estimate of drug-likeness (QED) is 0.808. The van der Waals surface area contributed by atoms with E-state index in [4.69, 9.17) is 4.74 Å². The first-order valence-corrected chi connectivity index (χ1v) is 5.68. The predicted octanol–water partition coefficient (Wildman–Crippen LogP) is 3.28. The Balaban J connectivity index is 2.41. The highest BCUT2D eigenvalue weighted by atomic mass is 16.5. The number of rotatable bonds is 3. The summed E-state index contributed by atoms with van der Waals surface area (Å²) >= 11 is 0. The third kappa shape index (κ3) is 2.61. The van der Waals surface area contributed by atoms with Crippen molar-refractivity contribution in [3.8, 4) is 17.0 Å². The zero-order valence-electron chi connectivity index (χ0n) is 10.3. The minimum absolute atomic E-state index is 0.334. The average Bonchev–Trinajstić information content (AvgIpc) is 2.39. The van der Waals surface area contributed by atoms with Crippen molar-refractivity contribution in [2.75, 3.05) is 7.11 Å². The second-order valence-electron chi connectivity index (χ2n) is 4.19. The van der Waals surface area contributed by atoms with Gasteiger partial charge in [-0.25, -0.2) is 9.97 Å². The topological polar surface area (TPSA) is 35.0 Å². The lowest BCUT2D eigenvalue weighted by molar-refractivity contribution is 0.415. The summed E-state index contributed by atoms with van der Waals surface area (Å²) in [6, 6.07) is 9.81. The first kappa shape index (κ1) is 11.6. The third-order valence-electron chi connectivity index (χ3n) is 2.56. The molecular weight excluding hydrogens is 212 g/mol. The van der Waals surface area contributed by atoms with Crippen LogP contribution >= 0.6 is 0 Å². The van der Waals surface area contributed by atoms with Gasteiger partial charge in [0, 0.05) is 17.7 Å². The average molecular weight is 228 g/mol. The monoisotopic (exact) mass is 228 g/mol. The molecule has 0 unspecified atom stereocenters. The fourth-order valence-electron chi connectivity index (χ4n) is 1.60. The molecule has 2 rings (SSSR count). The smallest absolute Gasteiger partial charge is 0.131 e. The molecule has 0 fully saturated rings. The van der Waals surface area contributed by atoms with Crippen LogP contribution in [0.15, 0.2) is 36.5 Å². The van der Waals surface area contributed by atoms with Crippen LogP contribution in [-0.4, -0.2) is 17.1 Å². The maximum Gasteiger partial charge on any atom is 0.131 e. The SMILES string of the molecule is COc1cccc(-c2ccnc(C(C)C)n2)c1. The summed E-state index contributed by atoms with van der Waals surface area (Å²) in [6.45, 7) is 4.18. The molecule has 0 radical (unpaired) electrons. The van der Waals surface area contributed by atoms with Gasteiger partial charge < -0.3 is 4.74 Å². The molecule has 0 N–H and O–H groups in total. The molecule has 17 heavy (non-hydrogen) atoms. The Morgan fingerprint density at radius 1 is 1.18 bits per heavy atom. The third-order valence-corrected chi connectivity index (χ3v) is 2.56. The molecule has 88 valence electrons. The minimum Gasteiger partial charge on any atom is -0.497 e. The zero-order valence-corrected chi connectivity index (χ0v) is 10.3. The predicted molar refractivity (Wildman–Crippen MR) is 68.1 cm³/mol. The van der Waals surface area contributed by atoms with Crippen molar-refractivity contribution < 1.29 is 4.74 Å². The van der Waals surface area contributed by atoms with E-state index in [1.165, 1.54) is 0 Å². The molecule has 1 aromatic heterocycles. The summed E-state index contributed by atoms with van der Waals surface area (Å²) in [7, 11) is 1.67. The number of hydrogen-bond acceptors (Lipinski definition) is 3. The van der Waals surface area contributed by atoms with Crippen LogP contribution in [0.25, 0.3) is 11.3 Å². The molecule has 0 bridgehead atoms. The first-order chi connectivity index (χ1) is 8.20. The second-order valence-corrected chi connectivity index (χ2v) is 4.19. The van der Waals surface area contributed by atoms with Crippen LogP contribution in [0, 0.1) is 0 Å². The molecule has 3 nitrogen and oxygen atoms in total. The number of methoxy groups -OCH3 is 1. The van der Waals surface area contributed by atoms with E-state index in [0.717, 1.165) is 22.8 Å². The van der Waals surface area contributed by atoms with Gasteiger partial charge in [-0.15, -0.1) is 0 Å². The molecule has 0 aliphatic rings. The molecule has 3 heteroatoms. The van der Waals surface area contributed by atoms with Crippen LogP contribution in [0.4, 0.5) is 0 Å². The Morgan fingerprint density at radius 2 is 2.00 bits per heavy atom. The Kier molecular flexibility index (Phi) is 3.38. The zero-order chi connectivity index (χ0) is 12.3. The van der Waals surface area contributed by atoms with E-state index in [-0.39, 0.29) is 0 Å². The van der Waals surface area contributed by atoms with E-state index >= 15 is 0 Å². The molecule has 0 aliphatic heterocycles. The van der Waals surface area contributed by atoms with E-state index in [0.29, 0.717) is 5.92 Å². The fourth-order valence-corrected chi connectivity index (χ4v) is 1.60. The summed E-state index contributed by atoms with van der Waals surface area (Å²) in [5.74, 6) is 2.04. The normalized spacial score (nSPS) is 10.6. The molecule has 0 aliphatic carbocycles. The number of ether oxygens (including phenoxy) is 1. The molecule has 2 aromatic rings. The highest BCUT2D eigenvalue weighted by molar-refractivity contribution is 5.60. The highest BCUT2D eigenvalue weighted by Gasteiger charge is 2.06. The standard InChI is InChI=1S/C14H16N2O/c1-10(2)14-15-8-7-13(16-14)11-5-4-6-12(9-11)17-3/h4-10H,1-3H3. The van der Waals surface area contributed by atoms with Crippen molar-refractivity contribution in [1.82, 2.24) is 9.97 Å². The lowest BCUT2D eigenvalue weighted by atomic mass is 10.1. The van der Waals surface area contributed by atoms with Crippen LogP contribution in [0.2, 0.25) is 0 Å².